The maximum absolute atomic E-state index is 12.0. The van der Waals surface area contributed by atoms with Gasteiger partial charge in [0.15, 0.2) is 0 Å². The molecule has 5 rings (SSSR count). The molecule has 1 aliphatic rings. The number of para-hydroxylation sites is 1. The van der Waals surface area contributed by atoms with Crippen LogP contribution in [-0.4, -0.2) is 32.5 Å². The molecule has 2 heterocycles. The number of aromatic nitrogens is 4. The SMILES string of the molecule is COc1nc2c(C(N)=O)cccc2n1-c1nc2c(c(NCc3ccccc3)n1)C(C)CCC2. The Kier molecular flexibility index (Phi) is 5.42. The van der Waals surface area contributed by atoms with E-state index >= 15 is 0 Å². The summed E-state index contributed by atoms with van der Waals surface area (Å²) in [6.07, 6.45) is 3.07. The van der Waals surface area contributed by atoms with Crippen molar-refractivity contribution in [1.29, 1.82) is 0 Å². The second-order valence-electron chi connectivity index (χ2n) is 8.34. The quantitative estimate of drug-likeness (QED) is 0.468. The van der Waals surface area contributed by atoms with Crippen LogP contribution >= 0.6 is 0 Å². The van der Waals surface area contributed by atoms with Crippen LogP contribution < -0.4 is 15.8 Å². The van der Waals surface area contributed by atoms with Crippen molar-refractivity contribution in [2.45, 2.75) is 38.6 Å². The van der Waals surface area contributed by atoms with E-state index in [2.05, 4.69) is 29.4 Å². The van der Waals surface area contributed by atoms with Gasteiger partial charge in [0.05, 0.1) is 23.9 Å². The minimum Gasteiger partial charge on any atom is -0.468 e. The van der Waals surface area contributed by atoms with Crippen molar-refractivity contribution in [1.82, 2.24) is 19.5 Å². The van der Waals surface area contributed by atoms with E-state index in [1.165, 1.54) is 18.2 Å². The molecule has 0 saturated heterocycles. The average Bonchev–Trinajstić information content (AvgIpc) is 3.21. The molecule has 1 amide bonds. The molecule has 0 fully saturated rings. The third kappa shape index (κ3) is 3.77. The van der Waals surface area contributed by atoms with Crippen LogP contribution in [-0.2, 0) is 13.0 Å². The Bertz CT molecular complexity index is 1330. The van der Waals surface area contributed by atoms with Crippen LogP contribution in [0.25, 0.3) is 17.0 Å². The number of primary amides is 1. The molecule has 2 aromatic carbocycles. The lowest BCUT2D eigenvalue weighted by Gasteiger charge is -2.25. The van der Waals surface area contributed by atoms with Gasteiger partial charge in [0, 0.05) is 12.1 Å². The Morgan fingerprint density at radius 1 is 1.15 bits per heavy atom. The van der Waals surface area contributed by atoms with Crippen molar-refractivity contribution < 1.29 is 9.53 Å². The molecule has 1 atom stereocenters. The average molecular weight is 443 g/mol. The Labute approximate surface area is 191 Å². The Balaban J connectivity index is 1.67. The molecule has 33 heavy (non-hydrogen) atoms. The number of fused-ring (bicyclic) bond motifs is 2. The van der Waals surface area contributed by atoms with Crippen LogP contribution in [0.3, 0.4) is 0 Å². The summed E-state index contributed by atoms with van der Waals surface area (Å²) in [6.45, 7) is 2.88. The maximum atomic E-state index is 12.0. The summed E-state index contributed by atoms with van der Waals surface area (Å²) in [5, 5.41) is 3.54. The van der Waals surface area contributed by atoms with E-state index in [4.69, 9.17) is 20.4 Å². The summed E-state index contributed by atoms with van der Waals surface area (Å²) in [5.41, 5.74) is 10.4. The molecule has 8 nitrogen and oxygen atoms in total. The summed E-state index contributed by atoms with van der Waals surface area (Å²) < 4.78 is 7.30. The first-order valence-electron chi connectivity index (χ1n) is 11.1. The number of carbonyl (C=O) groups is 1. The molecular formula is C25H26N6O2. The van der Waals surface area contributed by atoms with E-state index in [0.717, 1.165) is 30.8 Å². The van der Waals surface area contributed by atoms with Gasteiger partial charge in [-0.2, -0.15) is 9.97 Å². The van der Waals surface area contributed by atoms with Crippen LogP contribution in [0.15, 0.2) is 48.5 Å². The minimum atomic E-state index is -0.543. The van der Waals surface area contributed by atoms with Crippen LogP contribution in [0.1, 0.15) is 52.9 Å². The number of nitrogens with two attached hydrogens (primary N) is 1. The lowest BCUT2D eigenvalue weighted by molar-refractivity contribution is 0.100. The van der Waals surface area contributed by atoms with Crippen LogP contribution in [0.2, 0.25) is 0 Å². The molecule has 0 saturated carbocycles. The van der Waals surface area contributed by atoms with Crippen molar-refractivity contribution >= 4 is 22.8 Å². The van der Waals surface area contributed by atoms with Gasteiger partial charge in [-0.15, -0.1) is 0 Å². The number of nitrogens with zero attached hydrogens (tertiary/aromatic N) is 4. The van der Waals surface area contributed by atoms with Gasteiger partial charge in [0.2, 0.25) is 5.95 Å². The monoisotopic (exact) mass is 442 g/mol. The molecule has 168 valence electrons. The number of rotatable bonds is 6. The van der Waals surface area contributed by atoms with Crippen molar-refractivity contribution in [2.75, 3.05) is 12.4 Å². The second-order valence-corrected chi connectivity index (χ2v) is 8.34. The summed E-state index contributed by atoms with van der Waals surface area (Å²) in [5.74, 6) is 1.10. The van der Waals surface area contributed by atoms with Gasteiger partial charge in [-0.3, -0.25) is 4.79 Å². The molecule has 1 unspecified atom stereocenters. The van der Waals surface area contributed by atoms with Gasteiger partial charge >= 0.3 is 6.01 Å². The van der Waals surface area contributed by atoms with E-state index in [1.807, 2.05) is 24.3 Å². The van der Waals surface area contributed by atoms with Crippen molar-refractivity contribution in [3.8, 4) is 12.0 Å². The third-order valence-electron chi connectivity index (χ3n) is 6.16. The molecule has 0 aliphatic heterocycles. The van der Waals surface area contributed by atoms with E-state index in [-0.39, 0.29) is 0 Å². The number of aryl methyl sites for hydroxylation is 1. The zero-order valence-corrected chi connectivity index (χ0v) is 18.7. The van der Waals surface area contributed by atoms with Gasteiger partial charge in [-0.1, -0.05) is 43.3 Å². The number of anilines is 1. The highest BCUT2D eigenvalue weighted by Crippen LogP contribution is 2.36. The lowest BCUT2D eigenvalue weighted by Crippen LogP contribution is -2.18. The third-order valence-corrected chi connectivity index (χ3v) is 6.16. The number of hydrogen-bond donors (Lipinski definition) is 2. The first-order valence-corrected chi connectivity index (χ1v) is 11.1. The predicted octanol–water partition coefficient (Wildman–Crippen LogP) is 3.97. The number of hydrogen-bond acceptors (Lipinski definition) is 6. The standard InChI is InChI=1S/C25H26N6O2/c1-15-8-6-12-18-20(15)23(27-14-16-9-4-3-5-10-16)30-24(28-18)31-19-13-7-11-17(22(26)32)21(19)29-25(31)33-2/h3-5,7,9-11,13,15H,6,8,12,14H2,1-2H3,(H2,26,32)(H,27,28,30). The first-order chi connectivity index (χ1) is 16.1. The van der Waals surface area contributed by atoms with Gasteiger partial charge in [-0.25, -0.2) is 9.55 Å². The molecule has 2 aromatic heterocycles. The van der Waals surface area contributed by atoms with E-state index in [9.17, 15) is 4.79 Å². The fourth-order valence-electron chi connectivity index (χ4n) is 4.55. The zero-order valence-electron chi connectivity index (χ0n) is 18.7. The largest absolute Gasteiger partial charge is 0.468 e. The summed E-state index contributed by atoms with van der Waals surface area (Å²) >= 11 is 0. The highest BCUT2D eigenvalue weighted by molar-refractivity contribution is 6.04. The van der Waals surface area contributed by atoms with Gasteiger partial charge in [-0.05, 0) is 42.9 Å². The molecule has 3 N–H and O–H groups in total. The van der Waals surface area contributed by atoms with Crippen LogP contribution in [0.4, 0.5) is 5.82 Å². The summed E-state index contributed by atoms with van der Waals surface area (Å²) in [7, 11) is 1.54. The Hall–Kier alpha value is -3.94. The van der Waals surface area contributed by atoms with E-state index in [0.29, 0.717) is 41.0 Å². The van der Waals surface area contributed by atoms with Crippen molar-refractivity contribution in [3.63, 3.8) is 0 Å². The molecule has 0 spiro atoms. The van der Waals surface area contributed by atoms with Crippen molar-refractivity contribution in [3.05, 3.63) is 70.9 Å². The number of carbonyl (C=O) groups excluding carboxylic acids is 1. The smallest absolute Gasteiger partial charge is 0.304 e. The Morgan fingerprint density at radius 3 is 2.73 bits per heavy atom. The van der Waals surface area contributed by atoms with Crippen LogP contribution in [0.5, 0.6) is 6.01 Å². The molecule has 4 aromatic rings. The van der Waals surface area contributed by atoms with Gasteiger partial charge in [0.1, 0.15) is 11.3 Å². The highest BCUT2D eigenvalue weighted by atomic mass is 16.5. The fraction of sp³-hybridized carbons (Fsp3) is 0.280. The second kappa shape index (κ2) is 8.54. The number of ether oxygens (including phenoxy) is 1. The predicted molar refractivity (Wildman–Crippen MR) is 127 cm³/mol. The van der Waals surface area contributed by atoms with Gasteiger partial charge in [0.25, 0.3) is 5.91 Å². The lowest BCUT2D eigenvalue weighted by atomic mass is 9.87. The highest BCUT2D eigenvalue weighted by Gasteiger charge is 2.26. The van der Waals surface area contributed by atoms with Crippen LogP contribution in [0, 0.1) is 0 Å². The Morgan fingerprint density at radius 2 is 1.97 bits per heavy atom. The first kappa shape index (κ1) is 20.9. The minimum absolute atomic E-state index is 0.302. The summed E-state index contributed by atoms with van der Waals surface area (Å²) in [4.78, 5) is 26.3. The van der Waals surface area contributed by atoms with Gasteiger partial charge < -0.3 is 15.8 Å². The zero-order chi connectivity index (χ0) is 22.9. The molecule has 1 aliphatic carbocycles. The van der Waals surface area contributed by atoms with E-state index in [1.54, 1.807) is 16.7 Å². The molecule has 0 bridgehead atoms. The fourth-order valence-corrected chi connectivity index (χ4v) is 4.55. The topological polar surface area (TPSA) is 108 Å². The molecule has 8 heteroatoms. The number of methoxy groups -OCH3 is 1. The number of benzene rings is 2. The maximum Gasteiger partial charge on any atom is 0.304 e. The number of nitrogens with one attached hydrogen (secondary N) is 1. The summed E-state index contributed by atoms with van der Waals surface area (Å²) in [6, 6.07) is 15.8. The molecular weight excluding hydrogens is 416 g/mol. The van der Waals surface area contributed by atoms with Crippen molar-refractivity contribution in [2.24, 2.45) is 5.73 Å². The van der Waals surface area contributed by atoms with E-state index < -0.39 is 5.91 Å². The normalized spacial score (nSPS) is 15.3. The number of imidazole rings is 1. The number of amides is 1. The molecule has 0 radical (unpaired) electrons.